The van der Waals surface area contributed by atoms with Gasteiger partial charge in [-0.2, -0.15) is 5.10 Å². The molecule has 1 aromatic heterocycles. The second-order valence-electron chi connectivity index (χ2n) is 3.54. The third kappa shape index (κ3) is 2.96. The Balaban J connectivity index is 1.94. The molecule has 17 heavy (non-hydrogen) atoms. The Morgan fingerprint density at radius 2 is 2.35 bits per heavy atom. The Kier molecular flexibility index (Phi) is 3.59. The minimum Gasteiger partial charge on any atom is -0.494 e. The zero-order valence-electron chi connectivity index (χ0n) is 9.56. The standard InChI is InChI=1S/C12H14FN3O/c1-17-12-9-10(13)3-4-11(12)14-6-8-16-7-2-5-15-16/h2-5,7,9,14H,6,8H2,1H3. The summed E-state index contributed by atoms with van der Waals surface area (Å²) in [4.78, 5) is 0. The van der Waals surface area contributed by atoms with Crippen molar-refractivity contribution >= 4 is 5.69 Å². The van der Waals surface area contributed by atoms with Gasteiger partial charge in [-0.05, 0) is 18.2 Å². The molecule has 0 saturated heterocycles. The molecule has 4 nitrogen and oxygen atoms in total. The van der Waals surface area contributed by atoms with Crippen LogP contribution in [0, 0.1) is 5.82 Å². The maximum absolute atomic E-state index is 13.0. The second kappa shape index (κ2) is 5.34. The van der Waals surface area contributed by atoms with Gasteiger partial charge in [-0.1, -0.05) is 0 Å². The number of halogens is 1. The van der Waals surface area contributed by atoms with Gasteiger partial charge in [0.05, 0.1) is 19.3 Å². The number of benzene rings is 1. The fourth-order valence-corrected chi connectivity index (χ4v) is 1.55. The number of methoxy groups -OCH3 is 1. The van der Waals surface area contributed by atoms with Crippen molar-refractivity contribution in [2.45, 2.75) is 6.54 Å². The van der Waals surface area contributed by atoms with E-state index in [1.54, 1.807) is 12.3 Å². The number of hydrogen-bond acceptors (Lipinski definition) is 3. The molecule has 0 unspecified atom stereocenters. The van der Waals surface area contributed by atoms with Crippen molar-refractivity contribution in [1.29, 1.82) is 0 Å². The first kappa shape index (κ1) is 11.4. The first-order chi connectivity index (χ1) is 8.29. The lowest BCUT2D eigenvalue weighted by atomic mass is 10.3. The summed E-state index contributed by atoms with van der Waals surface area (Å²) in [6.07, 6.45) is 3.63. The van der Waals surface area contributed by atoms with Crippen molar-refractivity contribution in [2.75, 3.05) is 19.0 Å². The SMILES string of the molecule is COc1cc(F)ccc1NCCn1cccn1. The van der Waals surface area contributed by atoms with Crippen LogP contribution in [-0.2, 0) is 6.54 Å². The lowest BCUT2D eigenvalue weighted by Gasteiger charge is -2.11. The zero-order valence-corrected chi connectivity index (χ0v) is 9.56. The normalized spacial score (nSPS) is 10.2. The van der Waals surface area contributed by atoms with Gasteiger partial charge in [0.1, 0.15) is 11.6 Å². The lowest BCUT2D eigenvalue weighted by Crippen LogP contribution is -2.11. The smallest absolute Gasteiger partial charge is 0.144 e. The van der Waals surface area contributed by atoms with Crippen LogP contribution in [-0.4, -0.2) is 23.4 Å². The Morgan fingerprint density at radius 1 is 1.47 bits per heavy atom. The average molecular weight is 235 g/mol. The monoisotopic (exact) mass is 235 g/mol. The predicted molar refractivity (Wildman–Crippen MR) is 63.7 cm³/mol. The first-order valence-electron chi connectivity index (χ1n) is 5.34. The topological polar surface area (TPSA) is 39.1 Å². The number of ether oxygens (including phenoxy) is 1. The quantitative estimate of drug-likeness (QED) is 0.863. The number of anilines is 1. The molecule has 0 saturated carbocycles. The van der Waals surface area contributed by atoms with Crippen LogP contribution in [0.25, 0.3) is 0 Å². The van der Waals surface area contributed by atoms with E-state index in [0.29, 0.717) is 12.3 Å². The summed E-state index contributed by atoms with van der Waals surface area (Å²) in [7, 11) is 1.52. The van der Waals surface area contributed by atoms with Crippen molar-refractivity contribution in [3.05, 3.63) is 42.5 Å². The Hall–Kier alpha value is -2.04. The summed E-state index contributed by atoms with van der Waals surface area (Å²) in [6.45, 7) is 1.44. The molecule has 90 valence electrons. The van der Waals surface area contributed by atoms with Crippen LogP contribution in [0.3, 0.4) is 0 Å². The fraction of sp³-hybridized carbons (Fsp3) is 0.250. The highest BCUT2D eigenvalue weighted by Gasteiger charge is 2.03. The van der Waals surface area contributed by atoms with Crippen molar-refractivity contribution in [1.82, 2.24) is 9.78 Å². The Bertz CT molecular complexity index is 471. The third-order valence-corrected chi connectivity index (χ3v) is 2.38. The van der Waals surface area contributed by atoms with Crippen molar-refractivity contribution in [3.8, 4) is 5.75 Å². The predicted octanol–water partition coefficient (Wildman–Crippen LogP) is 2.14. The van der Waals surface area contributed by atoms with E-state index in [9.17, 15) is 4.39 Å². The molecule has 0 amide bonds. The van der Waals surface area contributed by atoms with E-state index >= 15 is 0 Å². The molecule has 0 fully saturated rings. The van der Waals surface area contributed by atoms with Gasteiger partial charge in [0, 0.05) is 25.0 Å². The van der Waals surface area contributed by atoms with Crippen molar-refractivity contribution < 1.29 is 9.13 Å². The van der Waals surface area contributed by atoms with Gasteiger partial charge in [-0.15, -0.1) is 0 Å². The van der Waals surface area contributed by atoms with Crippen molar-refractivity contribution in [2.24, 2.45) is 0 Å². The largest absolute Gasteiger partial charge is 0.494 e. The summed E-state index contributed by atoms with van der Waals surface area (Å²) in [6, 6.07) is 6.30. The van der Waals surface area contributed by atoms with E-state index in [-0.39, 0.29) is 5.82 Å². The number of nitrogens with one attached hydrogen (secondary N) is 1. The van der Waals surface area contributed by atoms with Crippen LogP contribution in [0.4, 0.5) is 10.1 Å². The van der Waals surface area contributed by atoms with Gasteiger partial charge in [-0.3, -0.25) is 4.68 Å². The second-order valence-corrected chi connectivity index (χ2v) is 3.54. The van der Waals surface area contributed by atoms with Gasteiger partial charge in [0.15, 0.2) is 0 Å². The minimum atomic E-state index is -0.306. The maximum Gasteiger partial charge on any atom is 0.144 e. The number of rotatable bonds is 5. The van der Waals surface area contributed by atoms with Crippen LogP contribution in [0.2, 0.25) is 0 Å². The van der Waals surface area contributed by atoms with Crippen LogP contribution in [0.15, 0.2) is 36.7 Å². The molecule has 1 N–H and O–H groups in total. The summed E-state index contributed by atoms with van der Waals surface area (Å²) >= 11 is 0. The molecule has 5 heteroatoms. The molecule has 2 rings (SSSR count). The Morgan fingerprint density at radius 3 is 3.06 bits per heavy atom. The number of nitrogens with zero attached hydrogens (tertiary/aromatic N) is 2. The highest BCUT2D eigenvalue weighted by atomic mass is 19.1. The van der Waals surface area contributed by atoms with Gasteiger partial charge in [0.2, 0.25) is 0 Å². The lowest BCUT2D eigenvalue weighted by molar-refractivity contribution is 0.413. The van der Waals surface area contributed by atoms with E-state index in [4.69, 9.17) is 4.74 Å². The summed E-state index contributed by atoms with van der Waals surface area (Å²) in [5.41, 5.74) is 0.779. The number of hydrogen-bond donors (Lipinski definition) is 1. The highest BCUT2D eigenvalue weighted by molar-refractivity contribution is 5.56. The molecule has 0 aliphatic rings. The van der Waals surface area contributed by atoms with Crippen LogP contribution in [0.5, 0.6) is 5.75 Å². The minimum absolute atomic E-state index is 0.306. The van der Waals surface area contributed by atoms with Gasteiger partial charge < -0.3 is 10.1 Å². The Labute approximate surface area is 99.0 Å². The molecular formula is C12H14FN3O. The molecule has 1 aromatic carbocycles. The summed E-state index contributed by atoms with van der Waals surface area (Å²) in [5, 5.41) is 7.27. The van der Waals surface area contributed by atoms with E-state index in [0.717, 1.165) is 12.2 Å². The van der Waals surface area contributed by atoms with Crippen LogP contribution >= 0.6 is 0 Å². The van der Waals surface area contributed by atoms with E-state index in [2.05, 4.69) is 10.4 Å². The van der Waals surface area contributed by atoms with Gasteiger partial charge in [-0.25, -0.2) is 4.39 Å². The maximum atomic E-state index is 13.0. The molecule has 0 aliphatic heterocycles. The van der Waals surface area contributed by atoms with E-state index in [1.807, 2.05) is 16.9 Å². The van der Waals surface area contributed by atoms with E-state index < -0.39 is 0 Å². The molecule has 0 bridgehead atoms. The van der Waals surface area contributed by atoms with E-state index in [1.165, 1.54) is 19.2 Å². The average Bonchev–Trinajstić information content (AvgIpc) is 2.84. The molecule has 0 aliphatic carbocycles. The number of aromatic nitrogens is 2. The van der Waals surface area contributed by atoms with Gasteiger partial charge in [0.25, 0.3) is 0 Å². The third-order valence-electron chi connectivity index (χ3n) is 2.38. The molecule has 2 aromatic rings. The molecule has 0 atom stereocenters. The molecule has 0 spiro atoms. The summed E-state index contributed by atoms with van der Waals surface area (Å²) in [5.74, 6) is 0.199. The highest BCUT2D eigenvalue weighted by Crippen LogP contribution is 2.24. The zero-order chi connectivity index (χ0) is 12.1. The molecule has 0 radical (unpaired) electrons. The van der Waals surface area contributed by atoms with Crippen LogP contribution in [0.1, 0.15) is 0 Å². The molecule has 1 heterocycles. The van der Waals surface area contributed by atoms with Crippen LogP contribution < -0.4 is 10.1 Å². The first-order valence-corrected chi connectivity index (χ1v) is 5.34. The fourth-order valence-electron chi connectivity index (χ4n) is 1.55. The van der Waals surface area contributed by atoms with Gasteiger partial charge >= 0.3 is 0 Å². The molecular weight excluding hydrogens is 221 g/mol. The van der Waals surface area contributed by atoms with Crippen molar-refractivity contribution in [3.63, 3.8) is 0 Å². The summed E-state index contributed by atoms with van der Waals surface area (Å²) < 4.78 is 19.9.